The fourth-order valence-corrected chi connectivity index (χ4v) is 2.72. The van der Waals surface area contributed by atoms with E-state index in [1.54, 1.807) is 23.6 Å². The Balaban J connectivity index is 2.04. The molecule has 7 heteroatoms. The predicted molar refractivity (Wildman–Crippen MR) is 88.7 cm³/mol. The molecule has 5 nitrogen and oxygen atoms in total. The number of carbonyl (C=O) groups is 1. The van der Waals surface area contributed by atoms with Crippen LogP contribution in [0.2, 0.25) is 0 Å². The van der Waals surface area contributed by atoms with Crippen LogP contribution >= 0.6 is 0 Å². The molecular formula is C18H17F2N3O2. The highest BCUT2D eigenvalue weighted by Crippen LogP contribution is 2.26. The number of Topliss-reactive ketones (excluding diaryl/α,β-unsaturated/α-hetero) is 1. The second-order valence-electron chi connectivity index (χ2n) is 5.74. The van der Waals surface area contributed by atoms with Crippen LogP contribution in [0.1, 0.15) is 27.3 Å². The summed E-state index contributed by atoms with van der Waals surface area (Å²) in [5.41, 5.74) is 7.40. The number of fused-ring (bicyclic) bond motifs is 1. The van der Waals surface area contributed by atoms with Gasteiger partial charge in [-0.05, 0) is 37.6 Å². The molecule has 130 valence electrons. The van der Waals surface area contributed by atoms with E-state index >= 15 is 0 Å². The lowest BCUT2D eigenvalue weighted by molar-refractivity contribution is 0.0995. The molecule has 0 bridgehead atoms. The van der Waals surface area contributed by atoms with Gasteiger partial charge in [0.25, 0.3) is 0 Å². The number of hydrogen-bond acceptors (Lipinski definition) is 4. The van der Waals surface area contributed by atoms with Gasteiger partial charge in [-0.2, -0.15) is 0 Å². The number of nitrogens with zero attached hydrogens (tertiary/aromatic N) is 2. The molecule has 0 spiro atoms. The summed E-state index contributed by atoms with van der Waals surface area (Å²) >= 11 is 0. The fourth-order valence-electron chi connectivity index (χ4n) is 2.72. The van der Waals surface area contributed by atoms with E-state index in [4.69, 9.17) is 10.5 Å². The summed E-state index contributed by atoms with van der Waals surface area (Å²) in [6, 6.07) is 5.34. The van der Waals surface area contributed by atoms with Crippen molar-refractivity contribution in [2.75, 3.05) is 6.54 Å². The fraction of sp³-hybridized carbons (Fsp3) is 0.222. The van der Waals surface area contributed by atoms with Gasteiger partial charge < -0.3 is 10.5 Å². The molecule has 0 atom stereocenters. The van der Waals surface area contributed by atoms with Gasteiger partial charge in [0.2, 0.25) is 0 Å². The normalized spacial score (nSPS) is 11.1. The standard InChI is InChI=1S/C18H17F2N3O2/c1-10-6-16(25-9-12-13(19)4-3-5-14(12)20)18-22-11(2)17(15(24)7-21)23(18)8-10/h3-6,8H,7,9,21H2,1-2H3. The van der Waals surface area contributed by atoms with Gasteiger partial charge in [0.05, 0.1) is 17.8 Å². The first-order valence-electron chi connectivity index (χ1n) is 7.70. The summed E-state index contributed by atoms with van der Waals surface area (Å²) in [4.78, 5) is 16.4. The van der Waals surface area contributed by atoms with Gasteiger partial charge in [-0.25, -0.2) is 13.8 Å². The van der Waals surface area contributed by atoms with Crippen molar-refractivity contribution in [1.82, 2.24) is 9.38 Å². The first-order chi connectivity index (χ1) is 11.9. The van der Waals surface area contributed by atoms with Crippen LogP contribution in [0.3, 0.4) is 0 Å². The molecule has 0 unspecified atom stereocenters. The Bertz CT molecular complexity index is 946. The zero-order chi connectivity index (χ0) is 18.1. The minimum Gasteiger partial charge on any atom is -0.485 e. The van der Waals surface area contributed by atoms with Crippen LogP contribution in [-0.4, -0.2) is 21.7 Å². The minimum absolute atomic E-state index is 0.140. The minimum atomic E-state index is -0.679. The number of halogens is 2. The first-order valence-corrected chi connectivity index (χ1v) is 7.70. The van der Waals surface area contributed by atoms with Gasteiger partial charge in [-0.1, -0.05) is 6.07 Å². The first kappa shape index (κ1) is 17.0. The number of ether oxygens (including phenoxy) is 1. The number of ketones is 1. The zero-order valence-electron chi connectivity index (χ0n) is 13.8. The molecule has 0 aliphatic heterocycles. The van der Waals surface area contributed by atoms with Crippen molar-refractivity contribution >= 4 is 11.4 Å². The topological polar surface area (TPSA) is 69.6 Å². The second kappa shape index (κ2) is 6.60. The number of nitrogens with two attached hydrogens (primary N) is 1. The van der Waals surface area contributed by atoms with Crippen molar-refractivity contribution < 1.29 is 18.3 Å². The molecule has 0 fully saturated rings. The Hall–Kier alpha value is -2.80. The van der Waals surface area contributed by atoms with E-state index in [0.717, 1.165) is 5.56 Å². The molecule has 0 radical (unpaired) electrons. The largest absolute Gasteiger partial charge is 0.485 e. The maximum atomic E-state index is 13.8. The summed E-state index contributed by atoms with van der Waals surface area (Å²) in [5.74, 6) is -1.27. The summed E-state index contributed by atoms with van der Waals surface area (Å²) in [7, 11) is 0. The molecule has 0 saturated heterocycles. The number of aromatic nitrogens is 2. The molecule has 0 aliphatic rings. The van der Waals surface area contributed by atoms with Crippen LogP contribution in [-0.2, 0) is 6.61 Å². The van der Waals surface area contributed by atoms with Crippen LogP contribution in [0.4, 0.5) is 8.78 Å². The number of rotatable bonds is 5. The molecule has 3 aromatic rings. The number of imidazole rings is 1. The lowest BCUT2D eigenvalue weighted by Crippen LogP contribution is -2.16. The zero-order valence-corrected chi connectivity index (χ0v) is 13.8. The third-order valence-electron chi connectivity index (χ3n) is 3.88. The van der Waals surface area contributed by atoms with Crippen LogP contribution < -0.4 is 10.5 Å². The molecule has 3 rings (SSSR count). The number of benzene rings is 1. The molecule has 0 amide bonds. The smallest absolute Gasteiger partial charge is 0.194 e. The van der Waals surface area contributed by atoms with E-state index in [9.17, 15) is 13.6 Å². The van der Waals surface area contributed by atoms with Crippen LogP contribution in [0, 0.1) is 25.5 Å². The Morgan fingerprint density at radius 1 is 1.28 bits per heavy atom. The van der Waals surface area contributed by atoms with Gasteiger partial charge >= 0.3 is 0 Å². The Labute approximate surface area is 143 Å². The number of pyridine rings is 1. The van der Waals surface area contributed by atoms with Crippen LogP contribution in [0.15, 0.2) is 30.5 Å². The molecule has 0 aliphatic carbocycles. The Morgan fingerprint density at radius 3 is 2.60 bits per heavy atom. The Kier molecular flexibility index (Phi) is 4.50. The van der Waals surface area contributed by atoms with Gasteiger partial charge in [0, 0.05) is 6.20 Å². The SMILES string of the molecule is Cc1cc(OCc2c(F)cccc2F)c2nc(C)c(C(=O)CN)n2c1. The van der Waals surface area contributed by atoms with Crippen molar-refractivity contribution in [3.8, 4) is 5.75 Å². The summed E-state index contributed by atoms with van der Waals surface area (Å²) in [6.45, 7) is 3.09. The maximum absolute atomic E-state index is 13.8. The maximum Gasteiger partial charge on any atom is 0.194 e. The summed E-state index contributed by atoms with van der Waals surface area (Å²) in [5, 5.41) is 0. The van der Waals surface area contributed by atoms with E-state index in [1.165, 1.54) is 18.2 Å². The van der Waals surface area contributed by atoms with Crippen LogP contribution in [0.5, 0.6) is 5.75 Å². The number of carbonyl (C=O) groups excluding carboxylic acids is 1. The predicted octanol–water partition coefficient (Wildman–Crippen LogP) is 2.95. The monoisotopic (exact) mass is 345 g/mol. The average molecular weight is 345 g/mol. The molecule has 2 heterocycles. The van der Waals surface area contributed by atoms with E-state index in [0.29, 0.717) is 22.8 Å². The molecule has 25 heavy (non-hydrogen) atoms. The van der Waals surface area contributed by atoms with Gasteiger partial charge in [-0.3, -0.25) is 9.20 Å². The average Bonchev–Trinajstić information content (AvgIpc) is 2.89. The van der Waals surface area contributed by atoms with E-state index in [1.807, 2.05) is 6.92 Å². The van der Waals surface area contributed by atoms with Crippen molar-refractivity contribution in [1.29, 1.82) is 0 Å². The van der Waals surface area contributed by atoms with E-state index in [-0.39, 0.29) is 24.5 Å². The summed E-state index contributed by atoms with van der Waals surface area (Å²) in [6.07, 6.45) is 1.74. The van der Waals surface area contributed by atoms with Crippen molar-refractivity contribution in [2.24, 2.45) is 5.73 Å². The molecule has 2 aromatic heterocycles. The van der Waals surface area contributed by atoms with Gasteiger partial charge in [0.15, 0.2) is 17.2 Å². The molecule has 1 aromatic carbocycles. The van der Waals surface area contributed by atoms with Crippen LogP contribution in [0.25, 0.3) is 5.65 Å². The van der Waals surface area contributed by atoms with E-state index in [2.05, 4.69) is 4.98 Å². The van der Waals surface area contributed by atoms with Crippen molar-refractivity contribution in [3.05, 3.63) is 64.6 Å². The third-order valence-corrected chi connectivity index (χ3v) is 3.88. The number of aryl methyl sites for hydroxylation is 2. The lowest BCUT2D eigenvalue weighted by Gasteiger charge is -2.11. The van der Waals surface area contributed by atoms with E-state index < -0.39 is 11.6 Å². The van der Waals surface area contributed by atoms with Crippen molar-refractivity contribution in [3.63, 3.8) is 0 Å². The molecular weight excluding hydrogens is 328 g/mol. The van der Waals surface area contributed by atoms with Gasteiger partial charge in [0.1, 0.15) is 23.9 Å². The number of hydrogen-bond donors (Lipinski definition) is 1. The Morgan fingerprint density at radius 2 is 1.96 bits per heavy atom. The summed E-state index contributed by atoms with van der Waals surface area (Å²) < 4.78 is 34.8. The lowest BCUT2D eigenvalue weighted by atomic mass is 10.2. The molecule has 0 saturated carbocycles. The molecule has 2 N–H and O–H groups in total. The van der Waals surface area contributed by atoms with Crippen molar-refractivity contribution in [2.45, 2.75) is 20.5 Å². The highest BCUT2D eigenvalue weighted by atomic mass is 19.1. The highest BCUT2D eigenvalue weighted by Gasteiger charge is 2.19. The van der Waals surface area contributed by atoms with Gasteiger partial charge in [-0.15, -0.1) is 0 Å². The quantitative estimate of drug-likeness (QED) is 0.722. The second-order valence-corrected chi connectivity index (χ2v) is 5.74. The third kappa shape index (κ3) is 3.10. The highest BCUT2D eigenvalue weighted by molar-refractivity contribution is 5.98.